The molecule has 0 aromatic heterocycles. The van der Waals surface area contributed by atoms with E-state index in [9.17, 15) is 9.90 Å². The van der Waals surface area contributed by atoms with E-state index in [2.05, 4.69) is 5.32 Å². The molecule has 0 spiro atoms. The normalized spacial score (nSPS) is 28.7. The van der Waals surface area contributed by atoms with Crippen LogP contribution in [0.5, 0.6) is 0 Å². The van der Waals surface area contributed by atoms with Gasteiger partial charge in [-0.1, -0.05) is 19.8 Å². The van der Waals surface area contributed by atoms with Gasteiger partial charge >= 0.3 is 5.97 Å². The Hall–Kier alpha value is -0.610. The first kappa shape index (κ1) is 12.5. The Kier molecular flexibility index (Phi) is 5.05. The minimum absolute atomic E-state index is 0.160. The zero-order valence-corrected chi connectivity index (χ0v) is 9.28. The molecule has 3 unspecified atom stereocenters. The summed E-state index contributed by atoms with van der Waals surface area (Å²) in [7, 11) is 0. The second-order valence-corrected chi connectivity index (χ2v) is 4.30. The molecule has 1 rings (SSSR count). The van der Waals surface area contributed by atoms with Crippen LogP contribution in [0.25, 0.3) is 0 Å². The zero-order chi connectivity index (χ0) is 11.3. The summed E-state index contributed by atoms with van der Waals surface area (Å²) in [5.41, 5.74) is 0. The summed E-state index contributed by atoms with van der Waals surface area (Å²) in [6, 6.07) is -0.299. The molecule has 0 bridgehead atoms. The number of aliphatic carboxylic acids is 1. The topological polar surface area (TPSA) is 69.6 Å². The Morgan fingerprint density at radius 1 is 1.47 bits per heavy atom. The number of carboxylic acid groups (broad SMARTS) is 1. The predicted octanol–water partition coefficient (Wildman–Crippen LogP) is 0.990. The van der Waals surface area contributed by atoms with E-state index >= 15 is 0 Å². The van der Waals surface area contributed by atoms with Gasteiger partial charge in [-0.25, -0.2) is 0 Å². The quantitative estimate of drug-likeness (QED) is 0.639. The first-order valence-corrected chi connectivity index (χ1v) is 5.78. The number of carbonyl (C=O) groups is 1. The molecule has 3 atom stereocenters. The lowest BCUT2D eigenvalue weighted by molar-refractivity contribution is -0.140. The summed E-state index contributed by atoms with van der Waals surface area (Å²) in [6.07, 6.45) is 4.85. The molecule has 4 nitrogen and oxygen atoms in total. The molecular formula is C11H21NO3. The zero-order valence-electron chi connectivity index (χ0n) is 9.28. The summed E-state index contributed by atoms with van der Waals surface area (Å²) >= 11 is 0. The molecular weight excluding hydrogens is 194 g/mol. The SMILES string of the molecule is CCC(NC1CCCCC1CO)C(=O)O. The number of rotatable bonds is 5. The van der Waals surface area contributed by atoms with Gasteiger partial charge in [-0.2, -0.15) is 0 Å². The lowest BCUT2D eigenvalue weighted by Gasteiger charge is -2.32. The van der Waals surface area contributed by atoms with Crippen molar-refractivity contribution in [1.82, 2.24) is 5.32 Å². The Balaban J connectivity index is 2.49. The summed E-state index contributed by atoms with van der Waals surface area (Å²) in [5, 5.41) is 21.3. The summed E-state index contributed by atoms with van der Waals surface area (Å²) in [5.74, 6) is -0.563. The van der Waals surface area contributed by atoms with Gasteiger partial charge in [-0.3, -0.25) is 4.79 Å². The maximum Gasteiger partial charge on any atom is 0.320 e. The summed E-state index contributed by atoms with van der Waals surface area (Å²) in [6.45, 7) is 2.02. The maximum atomic E-state index is 10.9. The van der Waals surface area contributed by atoms with Crippen LogP contribution in [0.4, 0.5) is 0 Å². The van der Waals surface area contributed by atoms with E-state index in [1.165, 1.54) is 0 Å². The lowest BCUT2D eigenvalue weighted by atomic mass is 9.84. The van der Waals surface area contributed by atoms with Gasteiger partial charge in [0.05, 0.1) is 0 Å². The van der Waals surface area contributed by atoms with Gasteiger partial charge in [0.2, 0.25) is 0 Å². The van der Waals surface area contributed by atoms with Crippen LogP contribution in [-0.4, -0.2) is 34.9 Å². The lowest BCUT2D eigenvalue weighted by Crippen LogP contribution is -2.48. The van der Waals surface area contributed by atoms with Gasteiger partial charge in [0, 0.05) is 12.6 Å². The number of aliphatic hydroxyl groups is 1. The molecule has 0 radical (unpaired) electrons. The van der Waals surface area contributed by atoms with Crippen LogP contribution in [0.3, 0.4) is 0 Å². The van der Waals surface area contributed by atoms with Crippen LogP contribution in [0.15, 0.2) is 0 Å². The third-order valence-corrected chi connectivity index (χ3v) is 3.27. The number of aliphatic hydroxyl groups excluding tert-OH is 1. The number of nitrogens with one attached hydrogen (secondary N) is 1. The fourth-order valence-corrected chi connectivity index (χ4v) is 2.27. The third kappa shape index (κ3) is 3.47. The molecule has 88 valence electrons. The minimum Gasteiger partial charge on any atom is -0.480 e. The molecule has 0 aromatic carbocycles. The summed E-state index contributed by atoms with van der Waals surface area (Å²) in [4.78, 5) is 10.9. The highest BCUT2D eigenvalue weighted by Gasteiger charge is 2.28. The van der Waals surface area contributed by atoms with E-state index < -0.39 is 12.0 Å². The number of hydrogen-bond acceptors (Lipinski definition) is 3. The van der Waals surface area contributed by atoms with Crippen LogP contribution < -0.4 is 5.32 Å². The molecule has 0 aliphatic heterocycles. The van der Waals surface area contributed by atoms with E-state index in [4.69, 9.17) is 5.11 Å². The van der Waals surface area contributed by atoms with Crippen LogP contribution in [0, 0.1) is 5.92 Å². The van der Waals surface area contributed by atoms with Crippen molar-refractivity contribution in [1.29, 1.82) is 0 Å². The predicted molar refractivity (Wildman–Crippen MR) is 57.7 cm³/mol. The molecule has 0 aromatic rings. The highest BCUT2D eigenvalue weighted by molar-refractivity contribution is 5.73. The largest absolute Gasteiger partial charge is 0.480 e. The third-order valence-electron chi connectivity index (χ3n) is 3.27. The van der Waals surface area contributed by atoms with Gasteiger partial charge in [0.25, 0.3) is 0 Å². The van der Waals surface area contributed by atoms with Crippen molar-refractivity contribution in [2.75, 3.05) is 6.61 Å². The fourth-order valence-electron chi connectivity index (χ4n) is 2.27. The van der Waals surface area contributed by atoms with Crippen LogP contribution in [0.1, 0.15) is 39.0 Å². The van der Waals surface area contributed by atoms with E-state index in [0.717, 1.165) is 25.7 Å². The van der Waals surface area contributed by atoms with Crippen molar-refractivity contribution in [3.05, 3.63) is 0 Å². The van der Waals surface area contributed by atoms with Gasteiger partial charge < -0.3 is 15.5 Å². The van der Waals surface area contributed by atoms with Gasteiger partial charge in [-0.05, 0) is 25.2 Å². The van der Waals surface area contributed by atoms with E-state index in [1.54, 1.807) is 0 Å². The van der Waals surface area contributed by atoms with Crippen molar-refractivity contribution >= 4 is 5.97 Å². The molecule has 4 heteroatoms. The second kappa shape index (κ2) is 6.08. The smallest absolute Gasteiger partial charge is 0.320 e. The van der Waals surface area contributed by atoms with Crippen molar-refractivity contribution in [3.63, 3.8) is 0 Å². The maximum absolute atomic E-state index is 10.9. The molecule has 1 aliphatic rings. The Morgan fingerprint density at radius 3 is 2.67 bits per heavy atom. The molecule has 15 heavy (non-hydrogen) atoms. The first-order chi connectivity index (χ1) is 7.19. The molecule has 0 heterocycles. The first-order valence-electron chi connectivity index (χ1n) is 5.78. The van der Waals surface area contributed by atoms with Crippen molar-refractivity contribution in [3.8, 4) is 0 Å². The highest BCUT2D eigenvalue weighted by atomic mass is 16.4. The van der Waals surface area contributed by atoms with Crippen LogP contribution in [-0.2, 0) is 4.79 Å². The van der Waals surface area contributed by atoms with Gasteiger partial charge in [0.1, 0.15) is 6.04 Å². The van der Waals surface area contributed by atoms with Gasteiger partial charge in [0.15, 0.2) is 0 Å². The summed E-state index contributed by atoms with van der Waals surface area (Å²) < 4.78 is 0. The molecule has 1 aliphatic carbocycles. The number of carboxylic acids is 1. The monoisotopic (exact) mass is 215 g/mol. The number of hydrogen-bond donors (Lipinski definition) is 3. The average Bonchev–Trinajstić information content (AvgIpc) is 2.25. The Bertz CT molecular complexity index is 208. The molecule has 3 N–H and O–H groups in total. The Labute approximate surface area is 90.7 Å². The van der Waals surface area contributed by atoms with Crippen LogP contribution >= 0.6 is 0 Å². The molecule has 1 fully saturated rings. The van der Waals surface area contributed by atoms with E-state index in [-0.39, 0.29) is 18.6 Å². The van der Waals surface area contributed by atoms with Crippen molar-refractivity contribution in [2.45, 2.75) is 51.1 Å². The highest BCUT2D eigenvalue weighted by Crippen LogP contribution is 2.24. The van der Waals surface area contributed by atoms with Crippen LogP contribution in [0.2, 0.25) is 0 Å². The van der Waals surface area contributed by atoms with E-state index in [0.29, 0.717) is 6.42 Å². The Morgan fingerprint density at radius 2 is 2.13 bits per heavy atom. The van der Waals surface area contributed by atoms with Crippen molar-refractivity contribution in [2.24, 2.45) is 5.92 Å². The molecule has 0 amide bonds. The fraction of sp³-hybridized carbons (Fsp3) is 0.909. The average molecular weight is 215 g/mol. The molecule has 1 saturated carbocycles. The van der Waals surface area contributed by atoms with Gasteiger partial charge in [-0.15, -0.1) is 0 Å². The van der Waals surface area contributed by atoms with E-state index in [1.807, 2.05) is 6.92 Å². The molecule has 0 saturated heterocycles. The standard InChI is InChI=1S/C11H21NO3/c1-2-9(11(14)15)12-10-6-4-3-5-8(10)7-13/h8-10,12-13H,2-7H2,1H3,(H,14,15). The second-order valence-electron chi connectivity index (χ2n) is 4.30. The van der Waals surface area contributed by atoms with Crippen molar-refractivity contribution < 1.29 is 15.0 Å². The minimum atomic E-state index is -0.792.